The van der Waals surface area contributed by atoms with Gasteiger partial charge in [0.25, 0.3) is 0 Å². The molecule has 2 aromatic rings. The van der Waals surface area contributed by atoms with E-state index < -0.39 is 0 Å². The van der Waals surface area contributed by atoms with Gasteiger partial charge in [-0.3, -0.25) is 4.79 Å². The van der Waals surface area contributed by atoms with Crippen LogP contribution in [-0.4, -0.2) is 5.78 Å². The first-order chi connectivity index (χ1) is 8.54. The van der Waals surface area contributed by atoms with Crippen molar-refractivity contribution in [3.63, 3.8) is 0 Å². The SMILES string of the molecule is O=C(Cc1ccc(Cl)c(Cl)c1)Cc1ccc(Cl)s1. The van der Waals surface area contributed by atoms with E-state index in [1.165, 1.54) is 11.3 Å². The van der Waals surface area contributed by atoms with Gasteiger partial charge in [0.05, 0.1) is 14.4 Å². The van der Waals surface area contributed by atoms with Gasteiger partial charge in [0.15, 0.2) is 0 Å². The van der Waals surface area contributed by atoms with Crippen LogP contribution < -0.4 is 0 Å². The van der Waals surface area contributed by atoms with Crippen LogP contribution >= 0.6 is 46.1 Å². The highest BCUT2D eigenvalue weighted by molar-refractivity contribution is 7.16. The zero-order valence-electron chi connectivity index (χ0n) is 9.25. The highest BCUT2D eigenvalue weighted by atomic mass is 35.5. The third-order valence-corrected chi connectivity index (χ3v) is 4.36. The number of carbonyl (C=O) groups is 1. The Morgan fingerprint density at radius 1 is 1.00 bits per heavy atom. The Kier molecular flexibility index (Phi) is 4.68. The molecule has 0 radical (unpaired) electrons. The summed E-state index contributed by atoms with van der Waals surface area (Å²) in [5, 5.41) is 0.971. The third kappa shape index (κ3) is 3.72. The number of carbonyl (C=O) groups excluding carboxylic acids is 1. The zero-order chi connectivity index (χ0) is 13.1. The molecule has 0 unspecified atom stereocenters. The summed E-state index contributed by atoms with van der Waals surface area (Å²) < 4.78 is 0.701. The quantitative estimate of drug-likeness (QED) is 0.769. The summed E-state index contributed by atoms with van der Waals surface area (Å²) in [4.78, 5) is 12.9. The Morgan fingerprint density at radius 2 is 1.78 bits per heavy atom. The molecule has 0 aliphatic carbocycles. The highest BCUT2D eigenvalue weighted by Gasteiger charge is 2.08. The fraction of sp³-hybridized carbons (Fsp3) is 0.154. The van der Waals surface area contributed by atoms with Crippen LogP contribution in [0.1, 0.15) is 10.4 Å². The van der Waals surface area contributed by atoms with Gasteiger partial charge in [-0.25, -0.2) is 0 Å². The second-order valence-corrected chi connectivity index (χ2v) is 6.46. The molecule has 1 aromatic heterocycles. The zero-order valence-corrected chi connectivity index (χ0v) is 12.3. The van der Waals surface area contributed by atoms with Crippen molar-refractivity contribution in [3.05, 3.63) is 55.2 Å². The van der Waals surface area contributed by atoms with E-state index in [2.05, 4.69) is 0 Å². The fourth-order valence-corrected chi connectivity index (χ4v) is 3.02. The molecule has 0 saturated heterocycles. The number of hydrogen-bond donors (Lipinski definition) is 0. The molecule has 1 heterocycles. The number of benzene rings is 1. The van der Waals surface area contributed by atoms with Crippen molar-refractivity contribution >= 4 is 51.9 Å². The maximum absolute atomic E-state index is 11.9. The summed E-state index contributed by atoms with van der Waals surface area (Å²) in [7, 11) is 0. The highest BCUT2D eigenvalue weighted by Crippen LogP contribution is 2.24. The molecule has 1 aromatic carbocycles. The smallest absolute Gasteiger partial charge is 0.142 e. The third-order valence-electron chi connectivity index (χ3n) is 2.39. The summed E-state index contributed by atoms with van der Waals surface area (Å²) in [6.45, 7) is 0. The summed E-state index contributed by atoms with van der Waals surface area (Å²) >= 11 is 19.0. The number of Topliss-reactive ketones (excluding diaryl/α,β-unsaturated/α-hetero) is 1. The standard InChI is InChI=1S/C13H9Cl3OS/c14-11-3-1-8(6-12(11)15)5-9(17)7-10-2-4-13(16)18-10/h1-4,6H,5,7H2. The largest absolute Gasteiger partial charge is 0.299 e. The van der Waals surface area contributed by atoms with E-state index in [-0.39, 0.29) is 5.78 Å². The number of rotatable bonds is 4. The normalized spacial score (nSPS) is 10.6. The molecule has 2 rings (SSSR count). The van der Waals surface area contributed by atoms with Crippen LogP contribution in [0, 0.1) is 0 Å². The Bertz CT molecular complexity index is 577. The van der Waals surface area contributed by atoms with Crippen LogP contribution in [0.4, 0.5) is 0 Å². The van der Waals surface area contributed by atoms with Crippen LogP contribution in [0.2, 0.25) is 14.4 Å². The van der Waals surface area contributed by atoms with Gasteiger partial charge in [-0.05, 0) is 29.8 Å². The van der Waals surface area contributed by atoms with Gasteiger partial charge in [-0.15, -0.1) is 11.3 Å². The molecule has 0 fully saturated rings. The van der Waals surface area contributed by atoms with Crippen molar-refractivity contribution < 1.29 is 4.79 Å². The molecule has 94 valence electrons. The van der Waals surface area contributed by atoms with Gasteiger partial charge in [0.1, 0.15) is 5.78 Å². The van der Waals surface area contributed by atoms with Gasteiger partial charge in [0.2, 0.25) is 0 Å². The van der Waals surface area contributed by atoms with E-state index in [9.17, 15) is 4.79 Å². The van der Waals surface area contributed by atoms with Crippen LogP contribution in [-0.2, 0) is 17.6 Å². The summed E-state index contributed by atoms with van der Waals surface area (Å²) in [5.74, 6) is 0.131. The first kappa shape index (κ1) is 13.9. The first-order valence-electron chi connectivity index (χ1n) is 5.24. The predicted molar refractivity (Wildman–Crippen MR) is 78.2 cm³/mol. The Morgan fingerprint density at radius 3 is 2.39 bits per heavy atom. The molecule has 0 bridgehead atoms. The van der Waals surface area contributed by atoms with Gasteiger partial charge < -0.3 is 0 Å². The molecule has 0 spiro atoms. The summed E-state index contributed by atoms with van der Waals surface area (Å²) in [5.41, 5.74) is 0.872. The molecule has 0 aliphatic rings. The van der Waals surface area contributed by atoms with Crippen LogP contribution in [0.3, 0.4) is 0 Å². The number of thiophene rings is 1. The van der Waals surface area contributed by atoms with E-state index in [0.717, 1.165) is 10.4 Å². The molecule has 0 atom stereocenters. The van der Waals surface area contributed by atoms with Crippen molar-refractivity contribution in [2.24, 2.45) is 0 Å². The van der Waals surface area contributed by atoms with E-state index in [4.69, 9.17) is 34.8 Å². The Hall–Kier alpha value is -0.540. The minimum atomic E-state index is 0.131. The van der Waals surface area contributed by atoms with Crippen molar-refractivity contribution in [1.29, 1.82) is 0 Å². The van der Waals surface area contributed by atoms with Gasteiger partial charge in [-0.1, -0.05) is 40.9 Å². The topological polar surface area (TPSA) is 17.1 Å². The molecule has 0 N–H and O–H groups in total. The maximum atomic E-state index is 11.9. The minimum Gasteiger partial charge on any atom is -0.299 e. The average molecular weight is 320 g/mol. The van der Waals surface area contributed by atoms with Crippen LogP contribution in [0.15, 0.2) is 30.3 Å². The van der Waals surface area contributed by atoms with Gasteiger partial charge in [0, 0.05) is 17.7 Å². The van der Waals surface area contributed by atoms with Crippen LogP contribution in [0.25, 0.3) is 0 Å². The monoisotopic (exact) mass is 318 g/mol. The van der Waals surface area contributed by atoms with Crippen LogP contribution in [0.5, 0.6) is 0 Å². The van der Waals surface area contributed by atoms with Crippen molar-refractivity contribution in [2.75, 3.05) is 0 Å². The number of halogens is 3. The lowest BCUT2D eigenvalue weighted by Crippen LogP contribution is -2.05. The molecule has 18 heavy (non-hydrogen) atoms. The number of ketones is 1. The lowest BCUT2D eigenvalue weighted by Gasteiger charge is -2.02. The molecule has 5 heteroatoms. The molecule has 0 aliphatic heterocycles. The molecular weight excluding hydrogens is 311 g/mol. The lowest BCUT2D eigenvalue weighted by atomic mass is 10.1. The average Bonchev–Trinajstić information content (AvgIpc) is 2.69. The molecular formula is C13H9Cl3OS. The van der Waals surface area contributed by atoms with Crippen molar-refractivity contribution in [1.82, 2.24) is 0 Å². The predicted octanol–water partition coefficient (Wildman–Crippen LogP) is 5.06. The summed E-state index contributed by atoms with van der Waals surface area (Å²) in [6, 6.07) is 8.92. The second kappa shape index (κ2) is 6.07. The van der Waals surface area contributed by atoms with E-state index in [1.54, 1.807) is 18.2 Å². The molecule has 0 amide bonds. The molecule has 1 nitrogen and oxygen atoms in total. The molecule has 0 saturated carbocycles. The van der Waals surface area contributed by atoms with Crippen molar-refractivity contribution in [3.8, 4) is 0 Å². The fourth-order valence-electron chi connectivity index (χ4n) is 1.58. The second-order valence-electron chi connectivity index (χ2n) is 3.85. The van der Waals surface area contributed by atoms with E-state index in [0.29, 0.717) is 27.2 Å². The lowest BCUT2D eigenvalue weighted by molar-refractivity contribution is -0.117. The van der Waals surface area contributed by atoms with Gasteiger partial charge >= 0.3 is 0 Å². The minimum absolute atomic E-state index is 0.131. The number of hydrogen-bond acceptors (Lipinski definition) is 2. The maximum Gasteiger partial charge on any atom is 0.142 e. The van der Waals surface area contributed by atoms with E-state index in [1.807, 2.05) is 12.1 Å². The van der Waals surface area contributed by atoms with Crippen molar-refractivity contribution in [2.45, 2.75) is 12.8 Å². The Labute approximate surface area is 124 Å². The van der Waals surface area contributed by atoms with E-state index >= 15 is 0 Å². The Balaban J connectivity index is 2.00. The van der Waals surface area contributed by atoms with Gasteiger partial charge in [-0.2, -0.15) is 0 Å². The summed E-state index contributed by atoms with van der Waals surface area (Å²) in [6.07, 6.45) is 0.754. The first-order valence-corrected chi connectivity index (χ1v) is 7.19.